The molecular formula is C16H18N4O3. The van der Waals surface area contributed by atoms with Gasteiger partial charge in [-0.15, -0.1) is 0 Å². The maximum absolute atomic E-state index is 12.2. The molecule has 1 aromatic heterocycles. The predicted molar refractivity (Wildman–Crippen MR) is 84.6 cm³/mol. The third kappa shape index (κ3) is 2.75. The molecule has 3 rings (SSSR count). The summed E-state index contributed by atoms with van der Waals surface area (Å²) in [6.07, 6.45) is 0.168. The van der Waals surface area contributed by atoms with Gasteiger partial charge in [0.05, 0.1) is 29.9 Å². The van der Waals surface area contributed by atoms with E-state index in [4.69, 9.17) is 0 Å². The minimum absolute atomic E-state index is 0.158. The standard InChI is InChI=1S/C16H18N4O3/c1-3-20-14(21)8-12(16(20)23)19(2)9-13-17-11-7-5-4-6-10(11)15(22)18-13/h4-7,12H,3,8-9H2,1-2H3,(H,17,18,22). The summed E-state index contributed by atoms with van der Waals surface area (Å²) < 4.78 is 0. The molecule has 1 aliphatic rings. The zero-order chi connectivity index (χ0) is 16.6. The first kappa shape index (κ1) is 15.4. The maximum Gasteiger partial charge on any atom is 0.258 e. The van der Waals surface area contributed by atoms with Crippen molar-refractivity contribution in [1.82, 2.24) is 19.8 Å². The molecule has 1 aromatic carbocycles. The van der Waals surface area contributed by atoms with Crippen LogP contribution < -0.4 is 5.56 Å². The largest absolute Gasteiger partial charge is 0.309 e. The molecule has 7 nitrogen and oxygen atoms in total. The van der Waals surface area contributed by atoms with E-state index in [9.17, 15) is 14.4 Å². The molecule has 1 fully saturated rings. The van der Waals surface area contributed by atoms with Gasteiger partial charge in [-0.25, -0.2) is 4.98 Å². The summed E-state index contributed by atoms with van der Waals surface area (Å²) in [5.74, 6) is 0.129. The van der Waals surface area contributed by atoms with Crippen molar-refractivity contribution in [1.29, 1.82) is 0 Å². The Morgan fingerprint density at radius 3 is 2.74 bits per heavy atom. The first-order chi connectivity index (χ1) is 11.0. The average molecular weight is 314 g/mol. The van der Waals surface area contributed by atoms with Gasteiger partial charge in [0.1, 0.15) is 5.82 Å². The van der Waals surface area contributed by atoms with E-state index in [2.05, 4.69) is 9.97 Å². The fourth-order valence-corrected chi connectivity index (χ4v) is 2.90. The van der Waals surface area contributed by atoms with Crippen molar-refractivity contribution in [3.63, 3.8) is 0 Å². The Morgan fingerprint density at radius 2 is 2.04 bits per heavy atom. The first-order valence-corrected chi connectivity index (χ1v) is 7.53. The van der Waals surface area contributed by atoms with Crippen LogP contribution in [0.25, 0.3) is 10.9 Å². The van der Waals surface area contributed by atoms with Crippen LogP contribution in [0.1, 0.15) is 19.2 Å². The smallest absolute Gasteiger partial charge is 0.258 e. The molecule has 1 atom stereocenters. The lowest BCUT2D eigenvalue weighted by molar-refractivity contribution is -0.139. The van der Waals surface area contributed by atoms with Crippen LogP contribution >= 0.6 is 0 Å². The number of benzene rings is 1. The SMILES string of the molecule is CCN1C(=O)CC(N(C)Cc2nc3ccccc3c(=O)[nH]2)C1=O. The van der Waals surface area contributed by atoms with E-state index < -0.39 is 6.04 Å². The first-order valence-electron chi connectivity index (χ1n) is 7.53. The topological polar surface area (TPSA) is 86.4 Å². The maximum atomic E-state index is 12.2. The van der Waals surface area contributed by atoms with Gasteiger partial charge in [0.25, 0.3) is 5.56 Å². The zero-order valence-electron chi connectivity index (χ0n) is 13.1. The highest BCUT2D eigenvalue weighted by Gasteiger charge is 2.39. The molecule has 1 saturated heterocycles. The number of hydrogen-bond donors (Lipinski definition) is 1. The van der Waals surface area contributed by atoms with Crippen LogP contribution in [0.4, 0.5) is 0 Å². The normalized spacial score (nSPS) is 18.4. The highest BCUT2D eigenvalue weighted by Crippen LogP contribution is 2.18. The van der Waals surface area contributed by atoms with E-state index in [1.165, 1.54) is 4.90 Å². The molecule has 1 N–H and O–H groups in total. The van der Waals surface area contributed by atoms with Crippen molar-refractivity contribution < 1.29 is 9.59 Å². The Morgan fingerprint density at radius 1 is 1.30 bits per heavy atom. The number of hydrogen-bond acceptors (Lipinski definition) is 5. The molecule has 2 aromatic rings. The van der Waals surface area contributed by atoms with E-state index in [1.807, 2.05) is 6.07 Å². The molecule has 0 aliphatic carbocycles. The Labute approximate surface area is 132 Å². The molecule has 120 valence electrons. The number of likely N-dealkylation sites (tertiary alicyclic amines) is 1. The van der Waals surface area contributed by atoms with Gasteiger partial charge >= 0.3 is 0 Å². The van der Waals surface area contributed by atoms with E-state index in [-0.39, 0.29) is 23.8 Å². The molecule has 7 heteroatoms. The molecule has 23 heavy (non-hydrogen) atoms. The fraction of sp³-hybridized carbons (Fsp3) is 0.375. The van der Waals surface area contributed by atoms with Gasteiger partial charge in [-0.1, -0.05) is 12.1 Å². The number of aromatic nitrogens is 2. The van der Waals surface area contributed by atoms with Gasteiger partial charge in [0.15, 0.2) is 0 Å². The van der Waals surface area contributed by atoms with Crippen molar-refractivity contribution in [2.75, 3.05) is 13.6 Å². The van der Waals surface area contributed by atoms with Gasteiger partial charge < -0.3 is 4.98 Å². The quantitative estimate of drug-likeness (QED) is 0.831. The van der Waals surface area contributed by atoms with Crippen LogP contribution in [-0.2, 0) is 16.1 Å². The average Bonchev–Trinajstić information content (AvgIpc) is 2.81. The summed E-state index contributed by atoms with van der Waals surface area (Å²) in [6.45, 7) is 2.45. The highest BCUT2D eigenvalue weighted by atomic mass is 16.2. The molecule has 0 spiro atoms. The summed E-state index contributed by atoms with van der Waals surface area (Å²) in [6, 6.07) is 6.59. The number of nitrogens with zero attached hydrogens (tertiary/aromatic N) is 3. The van der Waals surface area contributed by atoms with Gasteiger partial charge in [0.2, 0.25) is 11.8 Å². The second kappa shape index (κ2) is 5.92. The van der Waals surface area contributed by atoms with E-state index in [0.717, 1.165) is 0 Å². The zero-order valence-corrected chi connectivity index (χ0v) is 13.1. The minimum Gasteiger partial charge on any atom is -0.309 e. The van der Waals surface area contributed by atoms with Crippen molar-refractivity contribution in [3.8, 4) is 0 Å². The lowest BCUT2D eigenvalue weighted by Crippen LogP contribution is -2.40. The number of carbonyl (C=O) groups excluding carboxylic acids is 2. The number of aromatic amines is 1. The molecule has 1 aliphatic heterocycles. The molecule has 2 heterocycles. The second-order valence-corrected chi connectivity index (χ2v) is 5.64. The number of rotatable bonds is 4. The van der Waals surface area contributed by atoms with Crippen molar-refractivity contribution >= 4 is 22.7 Å². The molecule has 2 amide bonds. The number of carbonyl (C=O) groups is 2. The molecular weight excluding hydrogens is 296 g/mol. The number of fused-ring (bicyclic) bond motifs is 1. The summed E-state index contributed by atoms with van der Waals surface area (Å²) in [5.41, 5.74) is 0.409. The lowest BCUT2D eigenvalue weighted by Gasteiger charge is -2.22. The Balaban J connectivity index is 1.83. The second-order valence-electron chi connectivity index (χ2n) is 5.64. The number of para-hydroxylation sites is 1. The third-order valence-corrected chi connectivity index (χ3v) is 4.13. The lowest BCUT2D eigenvalue weighted by atomic mass is 10.2. The van der Waals surface area contributed by atoms with Crippen LogP contribution in [-0.4, -0.2) is 51.2 Å². The summed E-state index contributed by atoms with van der Waals surface area (Å²) in [5, 5.41) is 0.531. The summed E-state index contributed by atoms with van der Waals surface area (Å²) in [4.78, 5) is 46.3. The third-order valence-electron chi connectivity index (χ3n) is 4.13. The van der Waals surface area contributed by atoms with Crippen LogP contribution in [0.15, 0.2) is 29.1 Å². The number of imide groups is 1. The predicted octanol–water partition coefficient (Wildman–Crippen LogP) is 0.502. The van der Waals surface area contributed by atoms with Crippen LogP contribution in [0.5, 0.6) is 0 Å². The number of H-pyrrole nitrogens is 1. The van der Waals surface area contributed by atoms with Gasteiger partial charge in [-0.3, -0.25) is 24.2 Å². The number of nitrogens with one attached hydrogen (secondary N) is 1. The Hall–Kier alpha value is -2.54. The molecule has 0 radical (unpaired) electrons. The monoisotopic (exact) mass is 314 g/mol. The number of likely N-dealkylation sites (N-methyl/N-ethyl adjacent to an activating group) is 2. The summed E-state index contributed by atoms with van der Waals surface area (Å²) >= 11 is 0. The summed E-state index contributed by atoms with van der Waals surface area (Å²) in [7, 11) is 1.75. The van der Waals surface area contributed by atoms with Crippen LogP contribution in [0.3, 0.4) is 0 Å². The van der Waals surface area contributed by atoms with Gasteiger partial charge in [-0.05, 0) is 26.1 Å². The van der Waals surface area contributed by atoms with Crippen molar-refractivity contribution in [2.45, 2.75) is 25.9 Å². The number of amides is 2. The van der Waals surface area contributed by atoms with Crippen molar-refractivity contribution in [2.24, 2.45) is 0 Å². The van der Waals surface area contributed by atoms with E-state index in [0.29, 0.717) is 29.8 Å². The molecule has 1 unspecified atom stereocenters. The molecule has 0 bridgehead atoms. The van der Waals surface area contributed by atoms with Gasteiger partial charge in [-0.2, -0.15) is 0 Å². The Kier molecular flexibility index (Phi) is 3.96. The highest BCUT2D eigenvalue weighted by molar-refractivity contribution is 6.05. The molecule has 0 saturated carbocycles. The van der Waals surface area contributed by atoms with Crippen molar-refractivity contribution in [3.05, 3.63) is 40.4 Å². The van der Waals surface area contributed by atoms with Crippen LogP contribution in [0, 0.1) is 0 Å². The fourth-order valence-electron chi connectivity index (χ4n) is 2.90. The van der Waals surface area contributed by atoms with Crippen LogP contribution in [0.2, 0.25) is 0 Å². The van der Waals surface area contributed by atoms with E-state index >= 15 is 0 Å². The van der Waals surface area contributed by atoms with Gasteiger partial charge in [0, 0.05) is 6.54 Å². The minimum atomic E-state index is -0.501. The van der Waals surface area contributed by atoms with E-state index in [1.54, 1.807) is 37.1 Å². The Bertz CT molecular complexity index is 829.